The lowest BCUT2D eigenvalue weighted by atomic mass is 10.0. The summed E-state index contributed by atoms with van der Waals surface area (Å²) in [6.45, 7) is -0.177. The van der Waals surface area contributed by atoms with Gasteiger partial charge in [0.15, 0.2) is 11.6 Å². The zero-order chi connectivity index (χ0) is 20.5. The van der Waals surface area contributed by atoms with Crippen molar-refractivity contribution in [3.8, 4) is 5.75 Å². The summed E-state index contributed by atoms with van der Waals surface area (Å²) in [6.07, 6.45) is 1.56. The number of nitrogens with two attached hydrogens (primary N) is 2. The van der Waals surface area contributed by atoms with Gasteiger partial charge in [0.05, 0.1) is 6.04 Å². The molecule has 1 atom stereocenters. The standard InChI is InChI=1S/C20H21F2N3O3/c21-15-7-4-8-16(22)19(15)28-12-18(26)17(9-1-2-10-23)25-20(27)13-5-3-6-14(24)11-13/h3,5-7,11,17H,1-2,9-10,12,23-24H2,(H,25,27)/t17-/m0/s1. The normalized spacial score (nSPS) is 11.4. The number of carbonyl (C=O) groups excluding carboxylic acids is 2. The lowest BCUT2D eigenvalue weighted by Gasteiger charge is -2.18. The number of carbonyl (C=O) groups is 2. The van der Waals surface area contributed by atoms with Crippen molar-refractivity contribution in [3.05, 3.63) is 59.7 Å². The van der Waals surface area contributed by atoms with Crippen LogP contribution in [-0.2, 0) is 4.79 Å². The molecule has 2 aromatic rings. The predicted molar refractivity (Wildman–Crippen MR) is 99.5 cm³/mol. The van der Waals surface area contributed by atoms with E-state index in [2.05, 4.69) is 11.4 Å². The van der Waals surface area contributed by atoms with Crippen LogP contribution in [0.4, 0.5) is 14.5 Å². The van der Waals surface area contributed by atoms with Crippen LogP contribution in [0.3, 0.4) is 0 Å². The second kappa shape index (κ2) is 10.2. The Hall–Kier alpha value is -3.18. The molecule has 0 aliphatic heterocycles. The number of nitrogens with one attached hydrogen (secondary N) is 1. The Bertz CT molecular complexity index is 810. The molecule has 8 heteroatoms. The summed E-state index contributed by atoms with van der Waals surface area (Å²) in [5, 5.41) is 2.62. The predicted octanol–water partition coefficient (Wildman–Crippen LogP) is 2.02. The Kier molecular flexibility index (Phi) is 7.72. The van der Waals surface area contributed by atoms with Gasteiger partial charge in [0.1, 0.15) is 6.61 Å². The molecular weight excluding hydrogens is 368 g/mol. The highest BCUT2D eigenvalue weighted by Gasteiger charge is 2.23. The molecular formula is C20H21F2N3O3. The number of benzene rings is 1. The highest BCUT2D eigenvalue weighted by Crippen LogP contribution is 2.19. The first-order chi connectivity index (χ1) is 13.4. The number of unbranched alkanes of at least 4 members (excludes halogenated alkanes) is 1. The molecule has 148 valence electrons. The van der Waals surface area contributed by atoms with Crippen LogP contribution in [-0.4, -0.2) is 30.9 Å². The van der Waals surface area contributed by atoms with E-state index in [0.717, 1.165) is 6.07 Å². The molecule has 28 heavy (non-hydrogen) atoms. The zero-order valence-corrected chi connectivity index (χ0v) is 15.1. The number of anilines is 1. The fraction of sp³-hybridized carbons (Fsp3) is 0.300. The van der Waals surface area contributed by atoms with Crippen molar-refractivity contribution < 1.29 is 23.1 Å². The maximum Gasteiger partial charge on any atom is 0.251 e. The molecule has 0 unspecified atom stereocenters. The van der Waals surface area contributed by atoms with Gasteiger partial charge < -0.3 is 21.5 Å². The van der Waals surface area contributed by atoms with Gasteiger partial charge in [-0.15, -0.1) is 0 Å². The van der Waals surface area contributed by atoms with Crippen molar-refractivity contribution in [3.63, 3.8) is 0 Å². The molecule has 0 heterocycles. The molecule has 0 aromatic heterocycles. The Morgan fingerprint density at radius 2 is 2.04 bits per heavy atom. The van der Waals surface area contributed by atoms with Crippen molar-refractivity contribution in [2.24, 2.45) is 5.73 Å². The Labute approximate surface area is 161 Å². The molecule has 2 aromatic carbocycles. The summed E-state index contributed by atoms with van der Waals surface area (Å²) in [6, 6.07) is 10.4. The minimum Gasteiger partial charge on any atom is -0.479 e. The summed E-state index contributed by atoms with van der Waals surface area (Å²) < 4.78 is 32.1. The number of ketones is 1. The minimum atomic E-state index is -1.09. The molecule has 0 aliphatic rings. The lowest BCUT2D eigenvalue weighted by molar-refractivity contribution is -0.123. The number of amides is 1. The molecule has 0 spiro atoms. The zero-order valence-electron chi connectivity index (χ0n) is 15.1. The second-order valence-electron chi connectivity index (χ2n) is 6.10. The molecule has 0 radical (unpaired) electrons. The highest BCUT2D eigenvalue weighted by molar-refractivity contribution is 5.98. The van der Waals surface area contributed by atoms with Gasteiger partial charge in [-0.05, 0) is 50.1 Å². The van der Waals surface area contributed by atoms with E-state index in [-0.39, 0.29) is 0 Å². The van der Waals surface area contributed by atoms with Crippen LogP contribution in [0.15, 0.2) is 30.3 Å². The molecule has 1 amide bonds. The van der Waals surface area contributed by atoms with Gasteiger partial charge in [-0.25, -0.2) is 4.39 Å². The van der Waals surface area contributed by atoms with Crippen molar-refractivity contribution in [1.29, 1.82) is 0 Å². The van der Waals surface area contributed by atoms with Crippen LogP contribution < -0.4 is 21.5 Å². The van der Waals surface area contributed by atoms with E-state index in [1.54, 1.807) is 18.2 Å². The number of nitrogen functional groups attached to an aromatic ring is 1. The van der Waals surface area contributed by atoms with Crippen LogP contribution in [0.5, 0.6) is 5.75 Å². The number of Topliss-reactive ketones (excluding diaryl/α,β-unsaturated/α-hetero) is 1. The molecule has 2 rings (SSSR count). The quantitative estimate of drug-likeness (QED) is 0.426. The van der Waals surface area contributed by atoms with Gasteiger partial charge >= 0.3 is 0 Å². The maximum absolute atomic E-state index is 13.6. The van der Waals surface area contributed by atoms with Crippen molar-refractivity contribution >= 4 is 17.4 Å². The third kappa shape index (κ3) is 5.93. The molecule has 0 aliphatic carbocycles. The Morgan fingerprint density at radius 1 is 1.25 bits per heavy atom. The number of hydrogen-bond donors (Lipinski definition) is 3. The smallest absolute Gasteiger partial charge is 0.251 e. The summed E-state index contributed by atoms with van der Waals surface area (Å²) in [7, 11) is 0. The Balaban J connectivity index is 2.06. The van der Waals surface area contributed by atoms with Crippen molar-refractivity contribution in [2.45, 2.75) is 25.3 Å². The summed E-state index contributed by atoms with van der Waals surface area (Å²) in [4.78, 5) is 24.9. The lowest BCUT2D eigenvalue weighted by Crippen LogP contribution is -2.43. The fourth-order valence-corrected chi connectivity index (χ4v) is 2.49. The molecule has 0 saturated heterocycles. The van der Waals surface area contributed by atoms with E-state index >= 15 is 0 Å². The van der Waals surface area contributed by atoms with Crippen LogP contribution in [0.1, 0.15) is 29.6 Å². The largest absolute Gasteiger partial charge is 0.479 e. The monoisotopic (exact) mass is 389 g/mol. The van der Waals surface area contributed by atoms with E-state index in [9.17, 15) is 18.4 Å². The first-order valence-electron chi connectivity index (χ1n) is 8.71. The van der Waals surface area contributed by atoms with Crippen molar-refractivity contribution in [2.75, 3.05) is 18.9 Å². The van der Waals surface area contributed by atoms with E-state index in [1.165, 1.54) is 6.07 Å². The van der Waals surface area contributed by atoms with Gasteiger partial charge in [0.2, 0.25) is 11.6 Å². The topological polar surface area (TPSA) is 107 Å². The molecule has 5 N–H and O–H groups in total. The summed E-state index contributed by atoms with van der Waals surface area (Å²) in [5.74, 6) is -3.81. The third-order valence-electron chi connectivity index (χ3n) is 3.95. The Morgan fingerprint density at radius 3 is 2.71 bits per heavy atom. The van der Waals surface area contributed by atoms with E-state index in [4.69, 9.17) is 16.2 Å². The van der Waals surface area contributed by atoms with E-state index in [0.29, 0.717) is 37.1 Å². The number of halogens is 2. The molecule has 0 fully saturated rings. The van der Waals surface area contributed by atoms with Crippen LogP contribution in [0.25, 0.3) is 0 Å². The van der Waals surface area contributed by atoms with Gasteiger partial charge in [0.25, 0.3) is 5.91 Å². The maximum atomic E-state index is 13.6. The average molecular weight is 389 g/mol. The van der Waals surface area contributed by atoms with Crippen LogP contribution in [0, 0.1) is 23.8 Å². The first kappa shape index (κ1) is 21.1. The SMILES string of the molecule is NCCCC[C@H](NC(=O)c1cccc(N)c1)C(=O)COc1c(F)c#ccc1F. The molecule has 0 bridgehead atoms. The molecule has 0 saturated carbocycles. The van der Waals surface area contributed by atoms with Gasteiger partial charge in [0, 0.05) is 17.3 Å². The fourth-order valence-electron chi connectivity index (χ4n) is 2.49. The minimum absolute atomic E-state index is 0.294. The second-order valence-corrected chi connectivity index (χ2v) is 6.10. The molecule has 6 nitrogen and oxygen atoms in total. The van der Waals surface area contributed by atoms with Gasteiger partial charge in [-0.1, -0.05) is 12.1 Å². The third-order valence-corrected chi connectivity index (χ3v) is 3.95. The van der Waals surface area contributed by atoms with Crippen molar-refractivity contribution in [1.82, 2.24) is 5.32 Å². The van der Waals surface area contributed by atoms with Crippen LogP contribution in [0.2, 0.25) is 0 Å². The summed E-state index contributed by atoms with van der Waals surface area (Å²) in [5.41, 5.74) is 11.8. The number of ether oxygens (including phenoxy) is 1. The van der Waals surface area contributed by atoms with Crippen LogP contribution >= 0.6 is 0 Å². The van der Waals surface area contributed by atoms with Gasteiger partial charge in [-0.2, -0.15) is 4.39 Å². The number of hydrogen-bond acceptors (Lipinski definition) is 5. The average Bonchev–Trinajstić information content (AvgIpc) is 2.66. The number of rotatable bonds is 10. The first-order valence-corrected chi connectivity index (χ1v) is 8.71. The van der Waals surface area contributed by atoms with E-state index < -0.39 is 41.7 Å². The van der Waals surface area contributed by atoms with E-state index in [1.807, 2.05) is 6.07 Å². The summed E-state index contributed by atoms with van der Waals surface area (Å²) >= 11 is 0. The van der Waals surface area contributed by atoms with Gasteiger partial charge in [-0.3, -0.25) is 9.59 Å². The highest BCUT2D eigenvalue weighted by atomic mass is 19.1.